The number of aliphatic hydroxyl groups is 2. The standard InChI is InChI=1S/C16H24N4O3/c21-11-12-4-7-20(10-14(12)22)15-9-17-8-13(18-15)16(23)19-5-2-1-3-6-19/h8-9,12,14,21-22H,1-7,10-11H2/t12-,14+/m0/s1. The van der Waals surface area contributed by atoms with Crippen LogP contribution in [0, 0.1) is 5.92 Å². The fraction of sp³-hybridized carbons (Fsp3) is 0.688. The van der Waals surface area contributed by atoms with E-state index in [-0.39, 0.29) is 18.4 Å². The van der Waals surface area contributed by atoms with E-state index in [0.717, 1.165) is 25.9 Å². The molecule has 7 heteroatoms. The van der Waals surface area contributed by atoms with Crippen LogP contribution in [0.25, 0.3) is 0 Å². The molecule has 23 heavy (non-hydrogen) atoms. The van der Waals surface area contributed by atoms with Gasteiger partial charge in [0.15, 0.2) is 0 Å². The Morgan fingerprint density at radius 3 is 2.70 bits per heavy atom. The van der Waals surface area contributed by atoms with Crippen LogP contribution in [0.15, 0.2) is 12.4 Å². The Morgan fingerprint density at radius 2 is 2.00 bits per heavy atom. The Bertz CT molecular complexity index is 548. The normalized spacial score (nSPS) is 25.5. The van der Waals surface area contributed by atoms with Crippen molar-refractivity contribution in [2.45, 2.75) is 31.8 Å². The van der Waals surface area contributed by atoms with E-state index in [1.807, 2.05) is 9.80 Å². The molecule has 7 nitrogen and oxygen atoms in total. The van der Waals surface area contributed by atoms with Crippen LogP contribution in [0.4, 0.5) is 5.82 Å². The maximum atomic E-state index is 12.5. The quantitative estimate of drug-likeness (QED) is 0.831. The Morgan fingerprint density at radius 1 is 1.22 bits per heavy atom. The summed E-state index contributed by atoms with van der Waals surface area (Å²) >= 11 is 0. The molecule has 1 amide bonds. The molecule has 0 aliphatic carbocycles. The van der Waals surface area contributed by atoms with Gasteiger partial charge in [0, 0.05) is 38.7 Å². The monoisotopic (exact) mass is 320 g/mol. The minimum absolute atomic E-state index is 0.00578. The number of β-amino-alcohol motifs (C(OH)–C–C–N with tert-alkyl or cyclic N) is 1. The number of carbonyl (C=O) groups is 1. The molecule has 2 saturated heterocycles. The largest absolute Gasteiger partial charge is 0.396 e. The molecule has 1 aromatic rings. The predicted octanol–water partition coefficient (Wildman–Crippen LogP) is 0.282. The first kappa shape index (κ1) is 16.1. The second-order valence-electron chi connectivity index (χ2n) is 6.36. The molecule has 0 aromatic carbocycles. The summed E-state index contributed by atoms with van der Waals surface area (Å²) in [5.41, 5.74) is 0.364. The van der Waals surface area contributed by atoms with Crippen molar-refractivity contribution >= 4 is 11.7 Å². The summed E-state index contributed by atoms with van der Waals surface area (Å²) in [6.45, 7) is 2.66. The minimum atomic E-state index is -0.586. The maximum Gasteiger partial charge on any atom is 0.274 e. The van der Waals surface area contributed by atoms with Gasteiger partial charge in [0.2, 0.25) is 0 Å². The summed E-state index contributed by atoms with van der Waals surface area (Å²) in [5, 5.41) is 19.3. The van der Waals surface area contributed by atoms with Crippen LogP contribution < -0.4 is 4.90 Å². The van der Waals surface area contributed by atoms with Crippen molar-refractivity contribution in [3.05, 3.63) is 18.1 Å². The zero-order chi connectivity index (χ0) is 16.2. The van der Waals surface area contributed by atoms with Gasteiger partial charge in [0.25, 0.3) is 5.91 Å². The number of aliphatic hydroxyl groups excluding tert-OH is 2. The smallest absolute Gasteiger partial charge is 0.274 e. The van der Waals surface area contributed by atoms with Gasteiger partial charge in [-0.05, 0) is 25.7 Å². The number of amides is 1. The van der Waals surface area contributed by atoms with Crippen LogP contribution in [-0.2, 0) is 0 Å². The number of piperidine rings is 2. The van der Waals surface area contributed by atoms with Crippen LogP contribution in [-0.4, -0.2) is 69.9 Å². The van der Waals surface area contributed by atoms with Gasteiger partial charge in [0.1, 0.15) is 11.5 Å². The van der Waals surface area contributed by atoms with Gasteiger partial charge in [-0.1, -0.05) is 0 Å². The maximum absolute atomic E-state index is 12.5. The summed E-state index contributed by atoms with van der Waals surface area (Å²) in [4.78, 5) is 24.9. The molecular formula is C16H24N4O3. The molecule has 0 radical (unpaired) electrons. The lowest BCUT2D eigenvalue weighted by Gasteiger charge is -2.35. The first-order valence-corrected chi connectivity index (χ1v) is 8.34. The fourth-order valence-corrected chi connectivity index (χ4v) is 3.27. The van der Waals surface area contributed by atoms with Crippen LogP contribution >= 0.6 is 0 Å². The van der Waals surface area contributed by atoms with Gasteiger partial charge in [-0.25, -0.2) is 4.98 Å². The van der Waals surface area contributed by atoms with Crippen molar-refractivity contribution in [1.82, 2.24) is 14.9 Å². The van der Waals surface area contributed by atoms with E-state index >= 15 is 0 Å². The number of hydrogen-bond donors (Lipinski definition) is 2. The molecular weight excluding hydrogens is 296 g/mol. The van der Waals surface area contributed by atoms with E-state index in [4.69, 9.17) is 0 Å². The highest BCUT2D eigenvalue weighted by molar-refractivity contribution is 5.92. The Hall–Kier alpha value is -1.73. The Kier molecular flexibility index (Phi) is 5.07. The summed E-state index contributed by atoms with van der Waals surface area (Å²) in [6, 6.07) is 0. The predicted molar refractivity (Wildman–Crippen MR) is 85.2 cm³/mol. The first-order chi connectivity index (χ1) is 11.2. The topological polar surface area (TPSA) is 89.8 Å². The van der Waals surface area contributed by atoms with Gasteiger partial charge in [-0.3, -0.25) is 9.78 Å². The van der Waals surface area contributed by atoms with Gasteiger partial charge >= 0.3 is 0 Å². The van der Waals surface area contributed by atoms with E-state index < -0.39 is 6.10 Å². The molecule has 3 rings (SSSR count). The Labute approximate surface area is 136 Å². The second-order valence-corrected chi connectivity index (χ2v) is 6.36. The van der Waals surface area contributed by atoms with Crippen molar-refractivity contribution in [3.8, 4) is 0 Å². The summed E-state index contributed by atoms with van der Waals surface area (Å²) in [7, 11) is 0. The first-order valence-electron chi connectivity index (χ1n) is 8.34. The van der Waals surface area contributed by atoms with E-state index in [1.54, 1.807) is 6.20 Å². The molecule has 3 heterocycles. The minimum Gasteiger partial charge on any atom is -0.396 e. The molecule has 0 spiro atoms. The third-order valence-corrected chi connectivity index (χ3v) is 4.76. The number of nitrogens with zero attached hydrogens (tertiary/aromatic N) is 4. The molecule has 0 bridgehead atoms. The molecule has 0 unspecified atom stereocenters. The van der Waals surface area contributed by atoms with Gasteiger partial charge in [0.05, 0.1) is 18.5 Å². The van der Waals surface area contributed by atoms with Gasteiger partial charge in [-0.15, -0.1) is 0 Å². The zero-order valence-electron chi connectivity index (χ0n) is 13.3. The van der Waals surface area contributed by atoms with Gasteiger partial charge < -0.3 is 20.0 Å². The Balaban J connectivity index is 1.71. The lowest BCUT2D eigenvalue weighted by molar-refractivity contribution is 0.0546. The SMILES string of the molecule is O=C(c1cncc(N2CC[C@@H](CO)[C@H](O)C2)n1)N1CCCCC1. The van der Waals surface area contributed by atoms with E-state index in [9.17, 15) is 15.0 Å². The highest BCUT2D eigenvalue weighted by Gasteiger charge is 2.28. The van der Waals surface area contributed by atoms with Crippen LogP contribution in [0.1, 0.15) is 36.2 Å². The van der Waals surface area contributed by atoms with Crippen molar-refractivity contribution in [3.63, 3.8) is 0 Å². The van der Waals surface area contributed by atoms with Crippen molar-refractivity contribution in [2.75, 3.05) is 37.7 Å². The number of likely N-dealkylation sites (tertiary alicyclic amines) is 1. The number of anilines is 1. The van der Waals surface area contributed by atoms with Crippen molar-refractivity contribution < 1.29 is 15.0 Å². The van der Waals surface area contributed by atoms with Crippen molar-refractivity contribution in [1.29, 1.82) is 0 Å². The highest BCUT2D eigenvalue weighted by atomic mass is 16.3. The zero-order valence-corrected chi connectivity index (χ0v) is 13.3. The molecule has 2 fully saturated rings. The molecule has 2 N–H and O–H groups in total. The number of rotatable bonds is 3. The number of aromatic nitrogens is 2. The molecule has 2 aliphatic rings. The summed E-state index contributed by atoms with van der Waals surface area (Å²) in [5.74, 6) is 0.463. The number of carbonyl (C=O) groups excluding carboxylic acids is 1. The average Bonchev–Trinajstić information content (AvgIpc) is 2.62. The molecule has 126 valence electrons. The van der Waals surface area contributed by atoms with E-state index in [0.29, 0.717) is 31.0 Å². The summed E-state index contributed by atoms with van der Waals surface area (Å²) in [6.07, 6.45) is 6.50. The van der Waals surface area contributed by atoms with Crippen molar-refractivity contribution in [2.24, 2.45) is 5.92 Å². The molecule has 0 saturated carbocycles. The third kappa shape index (κ3) is 3.61. The van der Waals surface area contributed by atoms with Crippen LogP contribution in [0.2, 0.25) is 0 Å². The average molecular weight is 320 g/mol. The van der Waals surface area contributed by atoms with Crippen LogP contribution in [0.3, 0.4) is 0 Å². The van der Waals surface area contributed by atoms with E-state index in [2.05, 4.69) is 9.97 Å². The summed E-state index contributed by atoms with van der Waals surface area (Å²) < 4.78 is 0. The second kappa shape index (κ2) is 7.23. The highest BCUT2D eigenvalue weighted by Crippen LogP contribution is 2.22. The molecule has 1 aromatic heterocycles. The van der Waals surface area contributed by atoms with E-state index in [1.165, 1.54) is 12.6 Å². The number of hydrogen-bond acceptors (Lipinski definition) is 6. The molecule has 2 atom stereocenters. The molecule has 2 aliphatic heterocycles. The lowest BCUT2D eigenvalue weighted by Crippen LogP contribution is -2.45. The lowest BCUT2D eigenvalue weighted by atomic mass is 9.95. The fourth-order valence-electron chi connectivity index (χ4n) is 3.27. The van der Waals surface area contributed by atoms with Crippen LogP contribution in [0.5, 0.6) is 0 Å². The van der Waals surface area contributed by atoms with Gasteiger partial charge in [-0.2, -0.15) is 0 Å². The third-order valence-electron chi connectivity index (χ3n) is 4.76.